The van der Waals surface area contributed by atoms with E-state index in [4.69, 9.17) is 10.00 Å². The minimum atomic E-state index is -0.586. The predicted molar refractivity (Wildman–Crippen MR) is 91.1 cm³/mol. The van der Waals surface area contributed by atoms with Gasteiger partial charge in [0.15, 0.2) is 0 Å². The van der Waals surface area contributed by atoms with Crippen LogP contribution in [0.5, 0.6) is 5.75 Å². The number of piperidine rings is 1. The first-order valence-corrected chi connectivity index (χ1v) is 7.99. The lowest BCUT2D eigenvalue weighted by molar-refractivity contribution is -0.128. The number of pyridine rings is 1. The molecule has 128 valence electrons. The number of nitrogens with zero attached hydrogens (tertiary/aromatic N) is 3. The van der Waals surface area contributed by atoms with Gasteiger partial charge in [0.25, 0.3) is 11.7 Å². The maximum atomic E-state index is 12.8. The average Bonchev–Trinajstić information content (AvgIpc) is 3.05. The number of methoxy groups -OCH3 is 1. The second-order valence-corrected chi connectivity index (χ2v) is 6.00. The van der Waals surface area contributed by atoms with E-state index >= 15 is 0 Å². The maximum absolute atomic E-state index is 12.8. The molecule has 1 fully saturated rings. The molecule has 1 atom stereocenters. The van der Waals surface area contributed by atoms with Crippen LogP contribution in [-0.4, -0.2) is 46.3 Å². The van der Waals surface area contributed by atoms with Crippen LogP contribution in [0.1, 0.15) is 30.1 Å². The molecule has 1 unspecified atom stereocenters. The lowest BCUT2D eigenvalue weighted by Gasteiger charge is -2.34. The summed E-state index contributed by atoms with van der Waals surface area (Å²) in [6.45, 7) is 2.31. The Morgan fingerprint density at radius 2 is 2.32 bits per heavy atom. The summed E-state index contributed by atoms with van der Waals surface area (Å²) in [4.78, 5) is 34.1. The van der Waals surface area contributed by atoms with Crippen molar-refractivity contribution in [2.24, 2.45) is 0 Å². The number of ether oxygens (including phenoxy) is 1. The highest BCUT2D eigenvalue weighted by atomic mass is 16.5. The zero-order valence-electron chi connectivity index (χ0n) is 14.1. The van der Waals surface area contributed by atoms with Gasteiger partial charge in [-0.05, 0) is 25.8 Å². The highest BCUT2D eigenvalue weighted by molar-refractivity contribution is 6.45. The number of amides is 1. The van der Waals surface area contributed by atoms with Crippen molar-refractivity contribution in [3.63, 3.8) is 0 Å². The number of hydrogen-bond acceptors (Lipinski definition) is 5. The lowest BCUT2D eigenvalue weighted by Crippen LogP contribution is -2.45. The van der Waals surface area contributed by atoms with Crippen molar-refractivity contribution in [3.8, 4) is 11.8 Å². The number of likely N-dealkylation sites (tertiary alicyclic amines) is 1. The van der Waals surface area contributed by atoms with Crippen molar-refractivity contribution >= 4 is 22.7 Å². The third kappa shape index (κ3) is 2.98. The molecule has 1 saturated heterocycles. The molecule has 0 aliphatic carbocycles. The topological polar surface area (TPSA) is 99.1 Å². The third-order valence-corrected chi connectivity index (χ3v) is 4.49. The number of H-pyrrole nitrogens is 1. The normalized spacial score (nSPS) is 19.0. The minimum Gasteiger partial charge on any atom is -0.496 e. The molecule has 1 N–H and O–H groups in total. The van der Waals surface area contributed by atoms with Gasteiger partial charge >= 0.3 is 0 Å². The number of allylic oxidation sites excluding steroid dienone is 1. The van der Waals surface area contributed by atoms with Crippen LogP contribution in [0.25, 0.3) is 11.0 Å². The van der Waals surface area contributed by atoms with Gasteiger partial charge in [-0.25, -0.2) is 4.98 Å². The summed E-state index contributed by atoms with van der Waals surface area (Å²) in [5, 5.41) is 9.27. The van der Waals surface area contributed by atoms with Gasteiger partial charge in [-0.2, -0.15) is 5.26 Å². The fourth-order valence-corrected chi connectivity index (χ4v) is 3.22. The number of aromatic amines is 1. The Balaban J connectivity index is 1.88. The van der Waals surface area contributed by atoms with Crippen LogP contribution in [0.15, 0.2) is 30.1 Å². The summed E-state index contributed by atoms with van der Waals surface area (Å²) < 4.78 is 5.29. The van der Waals surface area contributed by atoms with Gasteiger partial charge in [-0.1, -0.05) is 5.57 Å². The molecule has 0 aromatic carbocycles. The van der Waals surface area contributed by atoms with Crippen molar-refractivity contribution in [3.05, 3.63) is 35.7 Å². The molecule has 0 spiro atoms. The van der Waals surface area contributed by atoms with Crippen molar-refractivity contribution in [1.29, 1.82) is 5.26 Å². The summed E-state index contributed by atoms with van der Waals surface area (Å²) >= 11 is 0. The molecule has 2 aromatic heterocycles. The van der Waals surface area contributed by atoms with E-state index in [9.17, 15) is 9.59 Å². The Morgan fingerprint density at radius 1 is 1.52 bits per heavy atom. The number of rotatable bonds is 3. The first-order chi connectivity index (χ1) is 12.1. The molecule has 1 aliphatic rings. The van der Waals surface area contributed by atoms with E-state index in [-0.39, 0.29) is 11.6 Å². The summed E-state index contributed by atoms with van der Waals surface area (Å²) in [5.74, 6) is -0.638. The van der Waals surface area contributed by atoms with E-state index < -0.39 is 11.7 Å². The lowest BCUT2D eigenvalue weighted by atomic mass is 9.96. The van der Waals surface area contributed by atoms with E-state index in [1.165, 1.54) is 19.4 Å². The highest BCUT2D eigenvalue weighted by Crippen LogP contribution is 2.29. The molecule has 7 heteroatoms. The Morgan fingerprint density at radius 3 is 3.00 bits per heavy atom. The number of ketones is 1. The average molecular weight is 338 g/mol. The van der Waals surface area contributed by atoms with Crippen molar-refractivity contribution in [1.82, 2.24) is 14.9 Å². The number of aromatic nitrogens is 2. The fourth-order valence-electron chi connectivity index (χ4n) is 3.22. The van der Waals surface area contributed by atoms with E-state index in [1.807, 2.05) is 13.0 Å². The largest absolute Gasteiger partial charge is 0.496 e. The second-order valence-electron chi connectivity index (χ2n) is 6.00. The Bertz CT molecular complexity index is 907. The smallest absolute Gasteiger partial charge is 0.295 e. The number of carbonyl (C=O) groups is 2. The van der Waals surface area contributed by atoms with Crippen LogP contribution in [-0.2, 0) is 4.79 Å². The first kappa shape index (κ1) is 16.7. The van der Waals surface area contributed by atoms with Gasteiger partial charge in [0.05, 0.1) is 24.1 Å². The zero-order valence-corrected chi connectivity index (χ0v) is 14.1. The molecule has 1 aliphatic heterocycles. The van der Waals surface area contributed by atoms with Crippen molar-refractivity contribution in [2.45, 2.75) is 25.8 Å². The molecule has 0 saturated carbocycles. The molecular weight excluding hydrogens is 320 g/mol. The first-order valence-electron chi connectivity index (χ1n) is 7.99. The molecule has 0 radical (unpaired) electrons. The summed E-state index contributed by atoms with van der Waals surface area (Å²) in [5.41, 5.74) is 1.77. The Labute approximate surface area is 144 Å². The number of fused-ring (bicyclic) bond motifs is 1. The zero-order chi connectivity index (χ0) is 18.0. The molecule has 3 heterocycles. The number of hydrogen-bond donors (Lipinski definition) is 1. The Hall–Kier alpha value is -3.14. The monoisotopic (exact) mass is 338 g/mol. The molecule has 3 rings (SSSR count). The molecule has 25 heavy (non-hydrogen) atoms. The SMILES string of the molecule is COc1ccnc2[nH]cc(C(=O)C(=O)N3CC/C(=C\C#N)CC3C)c12. The number of Topliss-reactive ketones (excluding diaryl/α,β-unsaturated/α-hetero) is 1. The summed E-state index contributed by atoms with van der Waals surface area (Å²) in [7, 11) is 1.51. The number of nitrogens with one attached hydrogen (secondary N) is 1. The van der Waals surface area contributed by atoms with Gasteiger partial charge in [0, 0.05) is 31.1 Å². The van der Waals surface area contributed by atoms with E-state index in [1.54, 1.807) is 17.2 Å². The van der Waals surface area contributed by atoms with Crippen LogP contribution in [0.2, 0.25) is 0 Å². The summed E-state index contributed by atoms with van der Waals surface area (Å²) in [6, 6.07) is 3.55. The van der Waals surface area contributed by atoms with Crippen molar-refractivity contribution in [2.75, 3.05) is 13.7 Å². The maximum Gasteiger partial charge on any atom is 0.295 e. The number of nitriles is 1. The Kier molecular flexibility index (Phi) is 4.52. The minimum absolute atomic E-state index is 0.130. The standard InChI is InChI=1S/C18H18N4O3/c1-11-9-12(3-6-19)5-8-22(11)18(24)16(23)13-10-21-17-15(13)14(25-2)4-7-20-17/h3-4,7,10-11H,5,8-9H2,1-2H3,(H,20,21)/b12-3+. The van der Waals surface area contributed by atoms with Crippen molar-refractivity contribution < 1.29 is 14.3 Å². The molecular formula is C18H18N4O3. The highest BCUT2D eigenvalue weighted by Gasteiger charge is 2.32. The molecule has 0 bridgehead atoms. The van der Waals surface area contributed by atoms with Crippen LogP contribution < -0.4 is 4.74 Å². The quantitative estimate of drug-likeness (QED) is 0.525. The van der Waals surface area contributed by atoms with Crippen LogP contribution in [0, 0.1) is 11.3 Å². The molecule has 2 aromatic rings. The van der Waals surface area contributed by atoms with Gasteiger partial charge in [0.1, 0.15) is 11.4 Å². The third-order valence-electron chi connectivity index (χ3n) is 4.49. The van der Waals surface area contributed by atoms with Crippen LogP contribution >= 0.6 is 0 Å². The van der Waals surface area contributed by atoms with E-state index in [0.29, 0.717) is 36.2 Å². The van der Waals surface area contributed by atoms with Gasteiger partial charge in [0.2, 0.25) is 0 Å². The van der Waals surface area contributed by atoms with E-state index in [2.05, 4.69) is 9.97 Å². The molecule has 1 amide bonds. The van der Waals surface area contributed by atoms with Crippen LogP contribution in [0.4, 0.5) is 0 Å². The van der Waals surface area contributed by atoms with E-state index in [0.717, 1.165) is 5.57 Å². The summed E-state index contributed by atoms with van der Waals surface area (Å²) in [6.07, 6.45) is 5.80. The van der Waals surface area contributed by atoms with Crippen LogP contribution in [0.3, 0.4) is 0 Å². The fraction of sp³-hybridized carbons (Fsp3) is 0.333. The second kappa shape index (κ2) is 6.77. The van der Waals surface area contributed by atoms with Gasteiger partial charge < -0.3 is 14.6 Å². The molecule has 7 nitrogen and oxygen atoms in total. The van der Waals surface area contributed by atoms with Gasteiger partial charge in [-0.3, -0.25) is 9.59 Å². The van der Waals surface area contributed by atoms with Gasteiger partial charge in [-0.15, -0.1) is 0 Å². The predicted octanol–water partition coefficient (Wildman–Crippen LogP) is 2.22. The number of carbonyl (C=O) groups excluding carboxylic acids is 2.